The third kappa shape index (κ3) is 6.76. The quantitative estimate of drug-likeness (QED) is 0.682. The van der Waals surface area contributed by atoms with Gasteiger partial charge in [0.1, 0.15) is 5.75 Å². The van der Waals surface area contributed by atoms with Crippen LogP contribution < -0.4 is 0 Å². The van der Waals surface area contributed by atoms with Crippen LogP contribution in [-0.2, 0) is 32.8 Å². The number of hydrazine groups is 1. The molecule has 0 saturated carbocycles. The molecule has 0 radical (unpaired) electrons. The summed E-state index contributed by atoms with van der Waals surface area (Å²) in [6.07, 6.45) is 11.9. The zero-order valence-corrected chi connectivity index (χ0v) is 18.5. The normalized spacial score (nSPS) is 13.5. The van der Waals surface area contributed by atoms with E-state index in [-0.39, 0.29) is 5.41 Å². The number of rotatable bonds is 3. The second kappa shape index (κ2) is 10.5. The standard InChI is InChI=1S/C18H24N2O.2ClH.Zr/c1-18(2,3)16-11-9-10-15(17(16)21)14-19(4)20-12-7-5-6-8-13-20;;;/h5-13,21H,14H2,1-4H3;2*1H;/q;;;+2/p-2. The molecule has 0 amide bonds. The monoisotopic (exact) mass is 444 g/mol. The van der Waals surface area contributed by atoms with Crippen molar-refractivity contribution in [2.75, 3.05) is 7.05 Å². The van der Waals surface area contributed by atoms with Crippen molar-refractivity contribution >= 4 is 17.0 Å². The number of halogens is 2. The molecule has 6 heteroatoms. The fourth-order valence-corrected chi connectivity index (χ4v) is 2.33. The van der Waals surface area contributed by atoms with Gasteiger partial charge >= 0.3 is 37.9 Å². The molecule has 0 unspecified atom stereocenters. The molecule has 1 aliphatic heterocycles. The van der Waals surface area contributed by atoms with Crippen LogP contribution in [0.5, 0.6) is 5.75 Å². The summed E-state index contributed by atoms with van der Waals surface area (Å²) >= 11 is -0.826. The van der Waals surface area contributed by atoms with Crippen LogP contribution >= 0.6 is 17.0 Å². The number of nitrogens with zero attached hydrogens (tertiary/aromatic N) is 2. The Morgan fingerprint density at radius 1 is 1.08 bits per heavy atom. The van der Waals surface area contributed by atoms with E-state index in [0.29, 0.717) is 12.3 Å². The molecule has 0 spiro atoms. The molecule has 0 atom stereocenters. The van der Waals surface area contributed by atoms with E-state index in [4.69, 9.17) is 17.0 Å². The molecule has 0 aliphatic carbocycles. The summed E-state index contributed by atoms with van der Waals surface area (Å²) < 4.78 is 0. The fraction of sp³-hybridized carbons (Fsp3) is 0.333. The van der Waals surface area contributed by atoms with Crippen LogP contribution in [0.15, 0.2) is 54.9 Å². The molecule has 0 saturated heterocycles. The van der Waals surface area contributed by atoms with Crippen molar-refractivity contribution in [1.82, 2.24) is 10.0 Å². The Hall–Kier alpha value is -0.537. The van der Waals surface area contributed by atoms with E-state index in [2.05, 4.69) is 25.8 Å². The Bertz CT molecular complexity index is 594. The van der Waals surface area contributed by atoms with Crippen molar-refractivity contribution in [3.8, 4) is 5.75 Å². The fourth-order valence-electron chi connectivity index (χ4n) is 2.33. The number of hydrogen-bond donors (Lipinski definition) is 1. The van der Waals surface area contributed by atoms with Gasteiger partial charge in [0.25, 0.3) is 0 Å². The van der Waals surface area contributed by atoms with Crippen molar-refractivity contribution < 1.29 is 26.0 Å². The maximum atomic E-state index is 10.5. The van der Waals surface area contributed by atoms with E-state index in [9.17, 15) is 5.11 Å². The Morgan fingerprint density at radius 3 is 2.12 bits per heavy atom. The molecular weight excluding hydrogens is 422 g/mol. The van der Waals surface area contributed by atoms with Crippen LogP contribution in [0.1, 0.15) is 31.9 Å². The Morgan fingerprint density at radius 2 is 1.62 bits per heavy atom. The van der Waals surface area contributed by atoms with Crippen LogP contribution in [-0.4, -0.2) is 22.2 Å². The zero-order valence-electron chi connectivity index (χ0n) is 14.5. The van der Waals surface area contributed by atoms with Gasteiger partial charge in [0.2, 0.25) is 0 Å². The van der Waals surface area contributed by atoms with E-state index in [1.54, 1.807) is 0 Å². The predicted octanol–water partition coefficient (Wildman–Crippen LogP) is 5.31. The van der Waals surface area contributed by atoms with E-state index >= 15 is 0 Å². The first kappa shape index (κ1) is 21.5. The van der Waals surface area contributed by atoms with Gasteiger partial charge in [0.15, 0.2) is 0 Å². The van der Waals surface area contributed by atoms with Gasteiger partial charge in [-0.3, -0.25) is 5.01 Å². The molecule has 1 aliphatic rings. The number of aromatic hydroxyl groups is 1. The molecule has 130 valence electrons. The summed E-state index contributed by atoms with van der Waals surface area (Å²) in [5.41, 5.74) is 1.85. The number of para-hydroxylation sites is 1. The van der Waals surface area contributed by atoms with Gasteiger partial charge < -0.3 is 5.11 Å². The Labute approximate surface area is 163 Å². The van der Waals surface area contributed by atoms with Crippen LogP contribution in [0.3, 0.4) is 0 Å². The van der Waals surface area contributed by atoms with E-state index < -0.39 is 20.8 Å². The number of allylic oxidation sites excluding steroid dienone is 4. The predicted molar refractivity (Wildman–Crippen MR) is 99.2 cm³/mol. The van der Waals surface area contributed by atoms with Crippen molar-refractivity contribution in [3.05, 3.63) is 66.0 Å². The molecular formula is C18H24Cl2N2OZr. The summed E-state index contributed by atoms with van der Waals surface area (Å²) in [6.45, 7) is 6.98. The molecule has 0 bridgehead atoms. The molecule has 0 fully saturated rings. The van der Waals surface area contributed by atoms with E-state index in [1.165, 1.54) is 0 Å². The van der Waals surface area contributed by atoms with Gasteiger partial charge in [0, 0.05) is 31.6 Å². The maximum absolute atomic E-state index is 10.5. The second-order valence-corrected chi connectivity index (χ2v) is 10.1. The summed E-state index contributed by atoms with van der Waals surface area (Å²) in [5.74, 6) is 0.401. The minimum atomic E-state index is -0.826. The summed E-state index contributed by atoms with van der Waals surface area (Å²) in [7, 11) is 11.9. The average molecular weight is 447 g/mol. The van der Waals surface area contributed by atoms with E-state index in [1.807, 2.05) is 67.0 Å². The zero-order chi connectivity index (χ0) is 18.2. The van der Waals surface area contributed by atoms with Gasteiger partial charge in [-0.2, -0.15) is 0 Å². The van der Waals surface area contributed by atoms with Crippen LogP contribution in [0.2, 0.25) is 0 Å². The Balaban J connectivity index is 0.000000891. The molecule has 2 rings (SSSR count). The molecule has 1 aromatic rings. The van der Waals surface area contributed by atoms with Crippen LogP contribution in [0.4, 0.5) is 0 Å². The third-order valence-electron chi connectivity index (χ3n) is 3.53. The Kier molecular flexibility index (Phi) is 9.37. The molecule has 3 nitrogen and oxygen atoms in total. The first-order chi connectivity index (χ1) is 11.3. The van der Waals surface area contributed by atoms with E-state index in [0.717, 1.165) is 11.1 Å². The number of benzene rings is 1. The van der Waals surface area contributed by atoms with Crippen molar-refractivity contribution in [1.29, 1.82) is 0 Å². The van der Waals surface area contributed by atoms with Crippen molar-refractivity contribution in [3.63, 3.8) is 0 Å². The summed E-state index contributed by atoms with van der Waals surface area (Å²) in [4.78, 5) is 0. The van der Waals surface area contributed by atoms with Gasteiger partial charge in [-0.1, -0.05) is 51.1 Å². The van der Waals surface area contributed by atoms with Gasteiger partial charge in [-0.15, -0.1) is 0 Å². The van der Waals surface area contributed by atoms with Gasteiger partial charge in [0.05, 0.1) is 0 Å². The number of hydrogen-bond acceptors (Lipinski definition) is 3. The summed E-state index contributed by atoms with van der Waals surface area (Å²) in [5, 5.41) is 14.6. The van der Waals surface area contributed by atoms with Gasteiger partial charge in [-0.25, -0.2) is 5.01 Å². The molecule has 1 heterocycles. The molecule has 24 heavy (non-hydrogen) atoms. The number of phenols is 1. The van der Waals surface area contributed by atoms with Crippen LogP contribution in [0.25, 0.3) is 0 Å². The third-order valence-corrected chi connectivity index (χ3v) is 3.53. The summed E-state index contributed by atoms with van der Waals surface area (Å²) in [6, 6.07) is 5.98. The molecule has 1 aromatic carbocycles. The minimum absolute atomic E-state index is 0.0645. The van der Waals surface area contributed by atoms with Crippen molar-refractivity contribution in [2.45, 2.75) is 32.7 Å². The topological polar surface area (TPSA) is 26.7 Å². The van der Waals surface area contributed by atoms with Gasteiger partial charge in [-0.05, 0) is 23.1 Å². The number of phenolic OH excluding ortho intramolecular Hbond substituents is 1. The van der Waals surface area contributed by atoms with Crippen LogP contribution in [0, 0.1) is 0 Å². The molecule has 1 N–H and O–H groups in total. The molecule has 0 aromatic heterocycles. The second-order valence-electron chi connectivity index (χ2n) is 6.40. The van der Waals surface area contributed by atoms with Crippen molar-refractivity contribution in [2.24, 2.45) is 0 Å². The SMILES string of the molecule is CN(Cc1cccc(C(C)(C)C)c1O)N1C=CC=CC=C1.[Cl][Zr][Cl]. The first-order valence-corrected chi connectivity index (χ1v) is 13.9. The first-order valence-electron chi connectivity index (χ1n) is 7.60. The average Bonchev–Trinajstić information content (AvgIpc) is 2.78.